The Morgan fingerprint density at radius 2 is 1.16 bits per heavy atom. The van der Waals surface area contributed by atoms with E-state index in [1.54, 1.807) is 12.1 Å². The maximum atomic E-state index is 15.4. The summed E-state index contributed by atoms with van der Waals surface area (Å²) in [6.45, 7) is 0. The second-order valence-corrected chi connectivity index (χ2v) is 6.07. The van der Waals surface area contributed by atoms with Gasteiger partial charge in [-0.05, 0) is 6.07 Å². The van der Waals surface area contributed by atoms with Crippen molar-refractivity contribution in [1.29, 1.82) is 0 Å². The van der Waals surface area contributed by atoms with Gasteiger partial charge < -0.3 is 4.42 Å². The van der Waals surface area contributed by atoms with Crippen LogP contribution in [0.15, 0.2) is 89.3 Å². The third-order valence-electron chi connectivity index (χ3n) is 4.07. The van der Waals surface area contributed by atoms with E-state index in [9.17, 15) is 0 Å². The molecule has 0 saturated heterocycles. The highest BCUT2D eigenvalue weighted by molar-refractivity contribution is 6.33. The van der Waals surface area contributed by atoms with Gasteiger partial charge in [0.25, 0.3) is 0 Å². The molecule has 25 heavy (non-hydrogen) atoms. The molecule has 3 heteroatoms. The van der Waals surface area contributed by atoms with Crippen LogP contribution in [0.1, 0.15) is 0 Å². The Morgan fingerprint density at radius 1 is 0.640 bits per heavy atom. The summed E-state index contributed by atoms with van der Waals surface area (Å²) >= 11 is 6.34. The van der Waals surface area contributed by atoms with Gasteiger partial charge in [-0.2, -0.15) is 0 Å². The van der Waals surface area contributed by atoms with Crippen LogP contribution < -0.4 is 0 Å². The minimum absolute atomic E-state index is 0.217. The quantitative estimate of drug-likeness (QED) is 0.385. The van der Waals surface area contributed by atoms with Crippen molar-refractivity contribution in [1.82, 2.24) is 0 Å². The van der Waals surface area contributed by atoms with Gasteiger partial charge >= 0.3 is 0 Å². The Hall–Kier alpha value is -2.84. The summed E-state index contributed by atoms with van der Waals surface area (Å²) in [5, 5.41) is 0.485. The minimum atomic E-state index is -0.404. The van der Waals surface area contributed by atoms with E-state index in [1.165, 1.54) is 0 Å². The maximum Gasteiger partial charge on any atom is 0.177 e. The molecule has 0 amide bonds. The van der Waals surface area contributed by atoms with Crippen LogP contribution in [0, 0.1) is 5.82 Å². The van der Waals surface area contributed by atoms with Crippen molar-refractivity contribution < 1.29 is 8.81 Å². The molecule has 0 spiro atoms. The lowest BCUT2D eigenvalue weighted by Crippen LogP contribution is -1.85. The normalized spacial score (nSPS) is 10.8. The Balaban J connectivity index is 2.02. The van der Waals surface area contributed by atoms with Crippen LogP contribution in [0.25, 0.3) is 33.8 Å². The molecule has 3 aromatic carbocycles. The van der Waals surface area contributed by atoms with E-state index in [0.717, 1.165) is 5.56 Å². The van der Waals surface area contributed by atoms with E-state index in [-0.39, 0.29) is 5.76 Å². The van der Waals surface area contributed by atoms with Crippen molar-refractivity contribution in [2.45, 2.75) is 0 Å². The minimum Gasteiger partial charge on any atom is -0.452 e. The van der Waals surface area contributed by atoms with E-state index >= 15 is 4.39 Å². The van der Waals surface area contributed by atoms with Crippen LogP contribution in [0.3, 0.4) is 0 Å². The molecule has 1 heterocycles. The van der Waals surface area contributed by atoms with Crippen LogP contribution in [0.5, 0.6) is 0 Å². The van der Waals surface area contributed by atoms with Gasteiger partial charge in [0.15, 0.2) is 11.6 Å². The first-order valence-corrected chi connectivity index (χ1v) is 8.31. The number of furan rings is 1. The number of hydrogen-bond donors (Lipinski definition) is 0. The number of benzene rings is 3. The Labute approximate surface area is 150 Å². The lowest BCUT2D eigenvalue weighted by molar-refractivity contribution is 0.558. The molecule has 0 aliphatic carbocycles. The fourth-order valence-electron chi connectivity index (χ4n) is 2.88. The molecule has 4 aromatic rings. The van der Waals surface area contributed by atoms with Crippen molar-refractivity contribution in [3.8, 4) is 33.8 Å². The van der Waals surface area contributed by atoms with Crippen molar-refractivity contribution in [2.24, 2.45) is 0 Å². The largest absolute Gasteiger partial charge is 0.452 e. The van der Waals surface area contributed by atoms with Crippen molar-refractivity contribution in [3.05, 3.63) is 95.8 Å². The number of halogens is 2. The molecule has 1 nitrogen and oxygen atoms in total. The monoisotopic (exact) mass is 348 g/mol. The van der Waals surface area contributed by atoms with E-state index < -0.39 is 5.82 Å². The van der Waals surface area contributed by atoms with Gasteiger partial charge in [-0.1, -0.05) is 90.5 Å². The summed E-state index contributed by atoms with van der Waals surface area (Å²) in [7, 11) is 0. The Morgan fingerprint density at radius 3 is 1.76 bits per heavy atom. The highest BCUT2D eigenvalue weighted by Crippen LogP contribution is 2.43. The number of hydrogen-bond acceptors (Lipinski definition) is 1. The van der Waals surface area contributed by atoms with Gasteiger partial charge in [0.1, 0.15) is 5.76 Å². The SMILES string of the molecule is Fc1c(-c2ccccc2)oc(-c2ccccc2)c1-c1ccccc1Cl. The predicted molar refractivity (Wildman–Crippen MR) is 100.0 cm³/mol. The molecule has 0 fully saturated rings. The van der Waals surface area contributed by atoms with E-state index in [1.807, 2.05) is 72.8 Å². The molecule has 0 aliphatic rings. The van der Waals surface area contributed by atoms with Gasteiger partial charge in [0, 0.05) is 21.7 Å². The summed E-state index contributed by atoms with van der Waals surface area (Å²) < 4.78 is 21.4. The van der Waals surface area contributed by atoms with Crippen LogP contribution in [0.2, 0.25) is 5.02 Å². The zero-order valence-electron chi connectivity index (χ0n) is 13.2. The summed E-state index contributed by atoms with van der Waals surface area (Å²) in [6.07, 6.45) is 0. The highest BCUT2D eigenvalue weighted by Gasteiger charge is 2.25. The molecule has 0 aliphatic heterocycles. The van der Waals surface area contributed by atoms with Crippen molar-refractivity contribution in [3.63, 3.8) is 0 Å². The van der Waals surface area contributed by atoms with Crippen molar-refractivity contribution in [2.75, 3.05) is 0 Å². The second-order valence-electron chi connectivity index (χ2n) is 5.66. The highest BCUT2D eigenvalue weighted by atomic mass is 35.5. The molecule has 4 rings (SSSR count). The first-order chi connectivity index (χ1) is 12.3. The number of rotatable bonds is 3. The third-order valence-corrected chi connectivity index (χ3v) is 4.39. The molecule has 1 aromatic heterocycles. The van der Waals surface area contributed by atoms with Gasteiger partial charge in [0.2, 0.25) is 0 Å². The molecular formula is C22H14ClFO. The van der Waals surface area contributed by atoms with E-state index in [4.69, 9.17) is 16.0 Å². The van der Waals surface area contributed by atoms with Crippen LogP contribution in [-0.2, 0) is 0 Å². The zero-order chi connectivity index (χ0) is 17.2. The first kappa shape index (κ1) is 15.7. The molecule has 122 valence electrons. The fraction of sp³-hybridized carbons (Fsp3) is 0. The van der Waals surface area contributed by atoms with E-state index in [0.29, 0.717) is 27.5 Å². The van der Waals surface area contributed by atoms with Crippen LogP contribution >= 0.6 is 11.6 Å². The van der Waals surface area contributed by atoms with Crippen LogP contribution in [-0.4, -0.2) is 0 Å². The molecular weight excluding hydrogens is 335 g/mol. The molecule has 0 N–H and O–H groups in total. The molecule has 0 saturated carbocycles. The summed E-state index contributed by atoms with van der Waals surface area (Å²) in [4.78, 5) is 0. The molecule has 0 bridgehead atoms. The summed E-state index contributed by atoms with van der Waals surface area (Å²) in [5.41, 5.74) is 2.50. The smallest absolute Gasteiger partial charge is 0.177 e. The topological polar surface area (TPSA) is 13.1 Å². The lowest BCUT2D eigenvalue weighted by Gasteiger charge is -2.05. The maximum absolute atomic E-state index is 15.4. The molecule has 0 unspecified atom stereocenters. The third kappa shape index (κ3) is 2.86. The lowest BCUT2D eigenvalue weighted by atomic mass is 10.0. The molecule has 0 radical (unpaired) electrons. The first-order valence-electron chi connectivity index (χ1n) is 7.93. The van der Waals surface area contributed by atoms with Gasteiger partial charge in [0.05, 0.1) is 5.56 Å². The van der Waals surface area contributed by atoms with Crippen molar-refractivity contribution >= 4 is 11.6 Å². The summed E-state index contributed by atoms with van der Waals surface area (Å²) in [6, 6.07) is 26.0. The molecule has 0 atom stereocenters. The summed E-state index contributed by atoms with van der Waals surface area (Å²) in [5.74, 6) is 0.289. The van der Waals surface area contributed by atoms with Gasteiger partial charge in [-0.3, -0.25) is 0 Å². The van der Waals surface area contributed by atoms with Gasteiger partial charge in [-0.25, -0.2) is 4.39 Å². The fourth-order valence-corrected chi connectivity index (χ4v) is 3.11. The van der Waals surface area contributed by atoms with Crippen LogP contribution in [0.4, 0.5) is 4.39 Å². The predicted octanol–water partition coefficient (Wildman–Crippen LogP) is 7.07. The average molecular weight is 349 g/mol. The zero-order valence-corrected chi connectivity index (χ0v) is 14.0. The van der Waals surface area contributed by atoms with Gasteiger partial charge in [-0.15, -0.1) is 0 Å². The Bertz CT molecular complexity index is 1010. The van der Waals surface area contributed by atoms with E-state index in [2.05, 4.69) is 0 Å². The standard InChI is InChI=1S/C22H14ClFO/c23-18-14-8-7-13-17(18)19-20(24)22(16-11-5-2-6-12-16)25-21(19)15-9-3-1-4-10-15/h1-14H. The average Bonchev–Trinajstić information content (AvgIpc) is 3.01. The Kier molecular flexibility index (Phi) is 4.12. The second kappa shape index (κ2) is 6.58.